The molecule has 20 heavy (non-hydrogen) atoms. The third-order valence-corrected chi connectivity index (χ3v) is 4.74. The molecule has 110 valence electrons. The second kappa shape index (κ2) is 5.57. The van der Waals surface area contributed by atoms with Crippen molar-refractivity contribution in [2.45, 2.75) is 38.3 Å². The number of hydrogen-bond donors (Lipinski definition) is 3. The largest absolute Gasteiger partial charge is 0.382 e. The number of amides is 1. The van der Waals surface area contributed by atoms with Crippen molar-refractivity contribution in [3.05, 3.63) is 5.56 Å². The zero-order chi connectivity index (χ0) is 14.1. The van der Waals surface area contributed by atoms with Gasteiger partial charge >= 0.3 is 0 Å². The van der Waals surface area contributed by atoms with Gasteiger partial charge in [0.1, 0.15) is 10.6 Å². The van der Waals surface area contributed by atoms with E-state index in [1.807, 2.05) is 0 Å². The molecular weight excluding hydrogens is 276 g/mol. The van der Waals surface area contributed by atoms with Gasteiger partial charge in [-0.3, -0.25) is 4.79 Å². The summed E-state index contributed by atoms with van der Waals surface area (Å²) >= 11 is 1.25. The van der Waals surface area contributed by atoms with Crippen LogP contribution in [0.25, 0.3) is 0 Å². The van der Waals surface area contributed by atoms with Crippen molar-refractivity contribution >= 4 is 28.3 Å². The Morgan fingerprint density at radius 1 is 1.50 bits per heavy atom. The fourth-order valence-electron chi connectivity index (χ4n) is 2.40. The van der Waals surface area contributed by atoms with Gasteiger partial charge in [-0.1, -0.05) is 0 Å². The van der Waals surface area contributed by atoms with E-state index in [2.05, 4.69) is 21.9 Å². The number of hydrogen-bond acceptors (Lipinski definition) is 6. The quantitative estimate of drug-likeness (QED) is 0.765. The number of ether oxygens (including phenoxy) is 1. The van der Waals surface area contributed by atoms with Gasteiger partial charge in [-0.05, 0) is 37.7 Å². The molecule has 1 aromatic heterocycles. The van der Waals surface area contributed by atoms with Gasteiger partial charge in [-0.25, -0.2) is 0 Å². The minimum absolute atomic E-state index is 0.114. The van der Waals surface area contributed by atoms with Crippen LogP contribution in [0.3, 0.4) is 0 Å². The van der Waals surface area contributed by atoms with Gasteiger partial charge in [0, 0.05) is 25.1 Å². The molecule has 0 bridgehead atoms. The van der Waals surface area contributed by atoms with Crippen LogP contribution in [-0.2, 0) is 4.74 Å². The lowest BCUT2D eigenvalue weighted by Crippen LogP contribution is -2.27. The molecule has 4 N–H and O–H groups in total. The fourth-order valence-corrected chi connectivity index (χ4v) is 3.11. The molecule has 2 heterocycles. The molecule has 1 aromatic rings. The van der Waals surface area contributed by atoms with E-state index in [9.17, 15) is 4.79 Å². The number of nitrogen functional groups attached to an aromatic ring is 1. The standard InChI is InChI=1S/C13H20N4O2S/c1-7-8(4-5-19-7)6-15-13-10(11(14)17-20-13)12(18)16-9-2-3-9/h7-9,15H,2-6H2,1H3,(H2,14,17)(H,16,18). The summed E-state index contributed by atoms with van der Waals surface area (Å²) in [5, 5.41) is 7.04. The zero-order valence-corrected chi connectivity index (χ0v) is 12.3. The topological polar surface area (TPSA) is 89.3 Å². The van der Waals surface area contributed by atoms with E-state index >= 15 is 0 Å². The Kier molecular flexibility index (Phi) is 3.80. The highest BCUT2D eigenvalue weighted by molar-refractivity contribution is 7.11. The summed E-state index contributed by atoms with van der Waals surface area (Å²) in [4.78, 5) is 12.2. The van der Waals surface area contributed by atoms with E-state index in [4.69, 9.17) is 10.5 Å². The third-order valence-electron chi connectivity index (χ3n) is 3.92. The van der Waals surface area contributed by atoms with Crippen molar-refractivity contribution < 1.29 is 9.53 Å². The monoisotopic (exact) mass is 296 g/mol. The number of rotatable bonds is 5. The van der Waals surface area contributed by atoms with E-state index in [0.29, 0.717) is 23.3 Å². The van der Waals surface area contributed by atoms with E-state index in [-0.39, 0.29) is 12.0 Å². The first-order chi connectivity index (χ1) is 9.65. The lowest BCUT2D eigenvalue weighted by molar-refractivity contribution is 0.0953. The highest BCUT2D eigenvalue weighted by atomic mass is 32.1. The van der Waals surface area contributed by atoms with Crippen LogP contribution in [0.1, 0.15) is 36.5 Å². The van der Waals surface area contributed by atoms with Crippen LogP contribution in [0.4, 0.5) is 10.8 Å². The van der Waals surface area contributed by atoms with Gasteiger partial charge in [0.15, 0.2) is 5.82 Å². The molecule has 0 radical (unpaired) electrons. The van der Waals surface area contributed by atoms with Gasteiger partial charge < -0.3 is 21.1 Å². The molecule has 1 saturated carbocycles. The zero-order valence-electron chi connectivity index (χ0n) is 11.5. The molecule has 6 nitrogen and oxygen atoms in total. The summed E-state index contributed by atoms with van der Waals surface area (Å²) in [5.41, 5.74) is 6.32. The minimum Gasteiger partial charge on any atom is -0.382 e. The first-order valence-corrected chi connectivity index (χ1v) is 7.84. The van der Waals surface area contributed by atoms with E-state index in [1.165, 1.54) is 11.5 Å². The smallest absolute Gasteiger partial charge is 0.258 e. The molecule has 1 saturated heterocycles. The second-order valence-electron chi connectivity index (χ2n) is 5.53. The fraction of sp³-hybridized carbons (Fsp3) is 0.692. The number of aromatic nitrogens is 1. The molecule has 3 rings (SSSR count). The molecule has 2 aliphatic rings. The van der Waals surface area contributed by atoms with E-state index in [1.54, 1.807) is 0 Å². The Bertz CT molecular complexity index is 501. The lowest BCUT2D eigenvalue weighted by Gasteiger charge is -2.15. The molecule has 7 heteroatoms. The Balaban J connectivity index is 1.64. The number of nitrogens with one attached hydrogen (secondary N) is 2. The summed E-state index contributed by atoms with van der Waals surface area (Å²) in [6.07, 6.45) is 3.43. The Morgan fingerprint density at radius 2 is 2.30 bits per heavy atom. The molecule has 0 spiro atoms. The van der Waals surface area contributed by atoms with E-state index < -0.39 is 0 Å². The van der Waals surface area contributed by atoms with Crippen LogP contribution in [0.5, 0.6) is 0 Å². The minimum atomic E-state index is -0.114. The third kappa shape index (κ3) is 2.88. The maximum absolute atomic E-state index is 12.2. The Morgan fingerprint density at radius 3 is 2.95 bits per heavy atom. The lowest BCUT2D eigenvalue weighted by atomic mass is 10.0. The van der Waals surface area contributed by atoms with Gasteiger partial charge in [0.05, 0.1) is 6.10 Å². The summed E-state index contributed by atoms with van der Waals surface area (Å²) in [6.45, 7) is 3.68. The van der Waals surface area contributed by atoms with Crippen LogP contribution in [0.2, 0.25) is 0 Å². The van der Waals surface area contributed by atoms with Crippen LogP contribution in [0, 0.1) is 5.92 Å². The highest BCUT2D eigenvalue weighted by Gasteiger charge is 2.28. The van der Waals surface area contributed by atoms with Crippen molar-refractivity contribution in [1.29, 1.82) is 0 Å². The van der Waals surface area contributed by atoms with Gasteiger partial charge in [0.2, 0.25) is 0 Å². The summed E-state index contributed by atoms with van der Waals surface area (Å²) in [5.74, 6) is 0.668. The van der Waals surface area contributed by atoms with Crippen LogP contribution < -0.4 is 16.4 Å². The molecule has 2 fully saturated rings. The van der Waals surface area contributed by atoms with Crippen molar-refractivity contribution in [2.24, 2.45) is 5.92 Å². The first kappa shape index (κ1) is 13.6. The molecular formula is C13H20N4O2S. The predicted octanol–water partition coefficient (Wildman–Crippen LogP) is 1.45. The Hall–Kier alpha value is -1.34. The van der Waals surface area contributed by atoms with Gasteiger partial charge in [-0.15, -0.1) is 0 Å². The summed E-state index contributed by atoms with van der Waals surface area (Å²) in [6, 6.07) is 0.318. The summed E-state index contributed by atoms with van der Waals surface area (Å²) in [7, 11) is 0. The van der Waals surface area contributed by atoms with E-state index in [0.717, 1.165) is 37.4 Å². The van der Waals surface area contributed by atoms with Crippen molar-refractivity contribution in [3.63, 3.8) is 0 Å². The van der Waals surface area contributed by atoms with Crippen molar-refractivity contribution in [3.8, 4) is 0 Å². The molecule has 2 atom stereocenters. The number of nitrogens with zero attached hydrogens (tertiary/aromatic N) is 1. The number of carbonyl (C=O) groups is 1. The number of anilines is 2. The van der Waals surface area contributed by atoms with Crippen LogP contribution in [-0.4, -0.2) is 35.6 Å². The Labute approximate surface area is 122 Å². The van der Waals surface area contributed by atoms with Gasteiger partial charge in [-0.2, -0.15) is 4.37 Å². The molecule has 1 aliphatic carbocycles. The molecule has 0 aromatic carbocycles. The average Bonchev–Trinajstić information content (AvgIpc) is 3.00. The second-order valence-corrected chi connectivity index (χ2v) is 6.30. The molecule has 2 unspecified atom stereocenters. The SMILES string of the molecule is CC1OCCC1CNc1snc(N)c1C(=O)NC1CC1. The maximum atomic E-state index is 12.2. The molecule has 1 amide bonds. The van der Waals surface area contributed by atoms with Crippen molar-refractivity contribution in [1.82, 2.24) is 9.69 Å². The highest BCUT2D eigenvalue weighted by Crippen LogP contribution is 2.29. The predicted molar refractivity (Wildman–Crippen MR) is 79.0 cm³/mol. The maximum Gasteiger partial charge on any atom is 0.258 e. The normalized spacial score (nSPS) is 25.6. The number of nitrogens with two attached hydrogens (primary N) is 1. The average molecular weight is 296 g/mol. The van der Waals surface area contributed by atoms with Crippen LogP contribution >= 0.6 is 11.5 Å². The van der Waals surface area contributed by atoms with Gasteiger partial charge in [0.25, 0.3) is 5.91 Å². The number of carbonyl (C=O) groups excluding carboxylic acids is 1. The first-order valence-electron chi connectivity index (χ1n) is 7.06. The molecule has 1 aliphatic heterocycles. The summed E-state index contributed by atoms with van der Waals surface area (Å²) < 4.78 is 9.64. The van der Waals surface area contributed by atoms with Crippen LogP contribution in [0.15, 0.2) is 0 Å². The van der Waals surface area contributed by atoms with Crippen molar-refractivity contribution in [2.75, 3.05) is 24.2 Å².